The molecule has 0 spiro atoms. The average molecular weight is 211 g/mol. The number of carbonyl (C=O) groups excluding carboxylic acids is 1. The van der Waals surface area contributed by atoms with Crippen molar-refractivity contribution in [2.75, 3.05) is 23.1 Å². The van der Waals surface area contributed by atoms with E-state index in [1.807, 2.05) is 13.2 Å². The largest absolute Gasteiger partial charge is 0.397 e. The molecular weight excluding hydrogens is 198 g/mol. The number of aromatic nitrogens is 1. The highest BCUT2D eigenvalue weighted by Gasteiger charge is 2.03. The number of nitrogens with zero attached hydrogens (tertiary/aromatic N) is 1. The van der Waals surface area contributed by atoms with Gasteiger partial charge in [0, 0.05) is 0 Å². The third-order valence-electron chi connectivity index (χ3n) is 1.69. The van der Waals surface area contributed by atoms with Crippen molar-refractivity contribution < 1.29 is 4.79 Å². The van der Waals surface area contributed by atoms with Gasteiger partial charge in [-0.05, 0) is 24.8 Å². The van der Waals surface area contributed by atoms with Gasteiger partial charge >= 0.3 is 0 Å². The van der Waals surface area contributed by atoms with Crippen LogP contribution in [0, 0.1) is 6.92 Å². The Morgan fingerprint density at radius 2 is 2.43 bits per heavy atom. The lowest BCUT2D eigenvalue weighted by atomic mass is 10.2. The topological polar surface area (TPSA) is 68.0 Å². The van der Waals surface area contributed by atoms with Crippen LogP contribution in [0.3, 0.4) is 0 Å². The summed E-state index contributed by atoms with van der Waals surface area (Å²) in [7, 11) is 0. The lowest BCUT2D eigenvalue weighted by molar-refractivity contribution is -0.113. The fourth-order valence-electron chi connectivity index (χ4n) is 0.945. The minimum absolute atomic E-state index is 0.0471. The van der Waals surface area contributed by atoms with Crippen molar-refractivity contribution in [3.63, 3.8) is 0 Å². The van der Waals surface area contributed by atoms with Gasteiger partial charge in [-0.3, -0.25) is 4.79 Å². The summed E-state index contributed by atoms with van der Waals surface area (Å²) < 4.78 is 0. The van der Waals surface area contributed by atoms with E-state index >= 15 is 0 Å². The molecule has 0 aliphatic carbocycles. The van der Waals surface area contributed by atoms with Gasteiger partial charge in [-0.15, -0.1) is 0 Å². The Balaban J connectivity index is 2.68. The van der Waals surface area contributed by atoms with E-state index in [1.54, 1.807) is 12.3 Å². The molecule has 0 aliphatic rings. The van der Waals surface area contributed by atoms with E-state index in [9.17, 15) is 4.79 Å². The van der Waals surface area contributed by atoms with Crippen molar-refractivity contribution in [1.82, 2.24) is 4.98 Å². The molecular formula is C9H13N3OS. The van der Waals surface area contributed by atoms with E-state index in [1.165, 1.54) is 11.8 Å². The standard InChI is InChI=1S/C9H13N3OS/c1-6-3-8(11-4-7(6)10)12-9(13)5-14-2/h3-4H,5,10H2,1-2H3,(H,11,12,13). The van der Waals surface area contributed by atoms with Crippen molar-refractivity contribution >= 4 is 29.2 Å². The second-order valence-corrected chi connectivity index (χ2v) is 3.77. The van der Waals surface area contributed by atoms with Gasteiger partial charge in [-0.2, -0.15) is 11.8 Å². The monoisotopic (exact) mass is 211 g/mol. The normalized spacial score (nSPS) is 9.86. The number of amides is 1. The summed E-state index contributed by atoms with van der Waals surface area (Å²) in [4.78, 5) is 15.2. The number of pyridine rings is 1. The quantitative estimate of drug-likeness (QED) is 0.790. The summed E-state index contributed by atoms with van der Waals surface area (Å²) in [6.45, 7) is 1.88. The highest BCUT2D eigenvalue weighted by Crippen LogP contribution is 2.13. The molecule has 3 N–H and O–H groups in total. The summed E-state index contributed by atoms with van der Waals surface area (Å²) in [6.07, 6.45) is 3.42. The number of nitrogens with two attached hydrogens (primary N) is 1. The van der Waals surface area contributed by atoms with Crippen molar-refractivity contribution in [3.05, 3.63) is 17.8 Å². The number of carbonyl (C=O) groups is 1. The van der Waals surface area contributed by atoms with Crippen LogP contribution in [-0.4, -0.2) is 22.9 Å². The highest BCUT2D eigenvalue weighted by molar-refractivity contribution is 7.99. The second kappa shape index (κ2) is 4.85. The molecule has 0 unspecified atom stereocenters. The van der Waals surface area contributed by atoms with Crippen LogP contribution in [0.5, 0.6) is 0 Å². The predicted octanol–water partition coefficient (Wildman–Crippen LogP) is 1.27. The maximum absolute atomic E-state index is 11.2. The third-order valence-corrected chi connectivity index (χ3v) is 2.25. The predicted molar refractivity (Wildman–Crippen MR) is 60.4 cm³/mol. The van der Waals surface area contributed by atoms with Crippen molar-refractivity contribution in [1.29, 1.82) is 0 Å². The van der Waals surface area contributed by atoms with Crippen LogP contribution < -0.4 is 11.1 Å². The van der Waals surface area contributed by atoms with Crippen LogP contribution in [0.15, 0.2) is 12.3 Å². The van der Waals surface area contributed by atoms with Gasteiger partial charge in [0.05, 0.1) is 17.6 Å². The van der Waals surface area contributed by atoms with E-state index in [0.29, 0.717) is 17.3 Å². The first-order valence-corrected chi connectivity index (χ1v) is 5.53. The number of hydrogen-bond acceptors (Lipinski definition) is 4. The molecule has 1 aromatic rings. The van der Waals surface area contributed by atoms with Crippen LogP contribution in [0.1, 0.15) is 5.56 Å². The molecule has 0 fully saturated rings. The molecule has 1 aromatic heterocycles. The van der Waals surface area contributed by atoms with Crippen molar-refractivity contribution in [3.8, 4) is 0 Å². The first-order valence-electron chi connectivity index (χ1n) is 4.14. The first-order chi connectivity index (χ1) is 6.63. The van der Waals surface area contributed by atoms with E-state index < -0.39 is 0 Å². The number of nitrogen functional groups attached to an aromatic ring is 1. The zero-order chi connectivity index (χ0) is 10.6. The van der Waals surface area contributed by atoms with Crippen LogP contribution in [0.25, 0.3) is 0 Å². The zero-order valence-corrected chi connectivity index (χ0v) is 9.02. The average Bonchev–Trinajstić information content (AvgIpc) is 2.12. The first kappa shape index (κ1) is 10.8. The Labute approximate surface area is 87.3 Å². The van der Waals surface area contributed by atoms with Gasteiger partial charge in [0.1, 0.15) is 5.82 Å². The second-order valence-electron chi connectivity index (χ2n) is 2.91. The molecule has 0 atom stereocenters. The summed E-state index contributed by atoms with van der Waals surface area (Å²) in [5.41, 5.74) is 7.15. The van der Waals surface area contributed by atoms with Gasteiger partial charge < -0.3 is 11.1 Å². The molecule has 1 heterocycles. The molecule has 76 valence electrons. The smallest absolute Gasteiger partial charge is 0.235 e. The minimum atomic E-state index is -0.0471. The van der Waals surface area contributed by atoms with Gasteiger partial charge in [-0.25, -0.2) is 4.98 Å². The Morgan fingerprint density at radius 3 is 3.00 bits per heavy atom. The Bertz CT molecular complexity index is 341. The minimum Gasteiger partial charge on any atom is -0.397 e. The molecule has 0 aromatic carbocycles. The molecule has 0 radical (unpaired) electrons. The number of anilines is 2. The number of nitrogens with one attached hydrogen (secondary N) is 1. The molecule has 1 amide bonds. The molecule has 0 saturated carbocycles. The molecule has 5 heteroatoms. The fraction of sp³-hybridized carbons (Fsp3) is 0.333. The molecule has 0 bridgehead atoms. The summed E-state index contributed by atoms with van der Waals surface area (Å²) in [5, 5.41) is 2.68. The van der Waals surface area contributed by atoms with E-state index in [2.05, 4.69) is 10.3 Å². The highest BCUT2D eigenvalue weighted by atomic mass is 32.2. The van der Waals surface area contributed by atoms with Gasteiger partial charge in [0.2, 0.25) is 5.91 Å². The van der Waals surface area contributed by atoms with Crippen LogP contribution >= 0.6 is 11.8 Å². The van der Waals surface area contributed by atoms with Gasteiger partial charge in [0.25, 0.3) is 0 Å². The maximum Gasteiger partial charge on any atom is 0.235 e. The lowest BCUT2D eigenvalue weighted by Crippen LogP contribution is -2.15. The van der Waals surface area contributed by atoms with Crippen molar-refractivity contribution in [2.24, 2.45) is 0 Å². The number of aryl methyl sites for hydroxylation is 1. The summed E-state index contributed by atoms with van der Waals surface area (Å²) in [6, 6.07) is 1.76. The van der Waals surface area contributed by atoms with Crippen molar-refractivity contribution in [2.45, 2.75) is 6.92 Å². The number of thioether (sulfide) groups is 1. The van der Waals surface area contributed by atoms with E-state index in [4.69, 9.17) is 5.73 Å². The molecule has 0 saturated heterocycles. The van der Waals surface area contributed by atoms with E-state index in [-0.39, 0.29) is 5.91 Å². The Kier molecular flexibility index (Phi) is 3.76. The Morgan fingerprint density at radius 1 is 1.71 bits per heavy atom. The molecule has 14 heavy (non-hydrogen) atoms. The number of hydrogen-bond donors (Lipinski definition) is 2. The number of rotatable bonds is 3. The van der Waals surface area contributed by atoms with E-state index in [0.717, 1.165) is 5.56 Å². The Hall–Kier alpha value is -1.23. The molecule has 0 aliphatic heterocycles. The molecule has 4 nitrogen and oxygen atoms in total. The van der Waals surface area contributed by atoms with Gasteiger partial charge in [0.15, 0.2) is 0 Å². The molecule has 1 rings (SSSR count). The lowest BCUT2D eigenvalue weighted by Gasteiger charge is -2.05. The third kappa shape index (κ3) is 2.92. The summed E-state index contributed by atoms with van der Waals surface area (Å²) in [5.74, 6) is 0.940. The van der Waals surface area contributed by atoms with Crippen LogP contribution in [0.4, 0.5) is 11.5 Å². The summed E-state index contributed by atoms with van der Waals surface area (Å²) >= 11 is 1.47. The van der Waals surface area contributed by atoms with Crippen LogP contribution in [0.2, 0.25) is 0 Å². The van der Waals surface area contributed by atoms with Crippen LogP contribution in [-0.2, 0) is 4.79 Å². The maximum atomic E-state index is 11.2. The SMILES string of the molecule is CSCC(=O)Nc1cc(C)c(N)cn1. The van der Waals surface area contributed by atoms with Gasteiger partial charge in [-0.1, -0.05) is 0 Å². The fourth-order valence-corrected chi connectivity index (χ4v) is 1.28. The zero-order valence-electron chi connectivity index (χ0n) is 8.20.